The molecule has 0 bridgehead atoms. The average molecular weight is 405 g/mol. The Balaban J connectivity index is 2.24. The fourth-order valence-electron chi connectivity index (χ4n) is 3.46. The smallest absolute Gasteiger partial charge is 0.411 e. The average Bonchev–Trinajstić information content (AvgIpc) is 2.69. The molecular formula is C22H31NO6. The van der Waals surface area contributed by atoms with Crippen molar-refractivity contribution >= 4 is 18.0 Å². The normalized spacial score (nSPS) is 19.4. The number of esters is 2. The lowest BCUT2D eigenvalue weighted by molar-refractivity contribution is -0.172. The van der Waals surface area contributed by atoms with Gasteiger partial charge >= 0.3 is 18.0 Å². The van der Waals surface area contributed by atoms with Gasteiger partial charge in [-0.25, -0.2) is 9.59 Å². The Bertz CT molecular complexity index is 712. The second-order valence-electron chi connectivity index (χ2n) is 8.26. The standard InChI is InChI=1S/C22H31NO6/c1-21(2,3)29-19(25)22(14-12-18(24)27-4)13-8-9-15-23(22)20(26)28-16-17-10-6-5-7-11-17/h5-7,10-11H,8-9,12-16H2,1-4H3. The Morgan fingerprint density at radius 3 is 2.41 bits per heavy atom. The van der Waals surface area contributed by atoms with Gasteiger partial charge in [0.25, 0.3) is 0 Å². The predicted octanol–water partition coefficient (Wildman–Crippen LogP) is 3.84. The number of ether oxygens (including phenoxy) is 3. The number of hydrogen-bond acceptors (Lipinski definition) is 6. The predicted molar refractivity (Wildman–Crippen MR) is 107 cm³/mol. The third-order valence-corrected chi connectivity index (χ3v) is 4.91. The minimum Gasteiger partial charge on any atom is -0.469 e. The van der Waals surface area contributed by atoms with Gasteiger partial charge in [-0.05, 0) is 52.0 Å². The van der Waals surface area contributed by atoms with Gasteiger partial charge in [-0.3, -0.25) is 9.69 Å². The second-order valence-corrected chi connectivity index (χ2v) is 8.26. The van der Waals surface area contributed by atoms with Crippen molar-refractivity contribution in [3.8, 4) is 0 Å². The number of rotatable bonds is 6. The minimum atomic E-state index is -1.24. The van der Waals surface area contributed by atoms with Crippen LogP contribution in [0.2, 0.25) is 0 Å². The van der Waals surface area contributed by atoms with Crippen LogP contribution in [0.1, 0.15) is 58.4 Å². The summed E-state index contributed by atoms with van der Waals surface area (Å²) in [5, 5.41) is 0. The van der Waals surface area contributed by atoms with Gasteiger partial charge in [-0.15, -0.1) is 0 Å². The number of benzene rings is 1. The minimum absolute atomic E-state index is 0.0121. The van der Waals surface area contributed by atoms with Crippen LogP contribution >= 0.6 is 0 Å². The molecule has 1 heterocycles. The van der Waals surface area contributed by atoms with Crippen molar-refractivity contribution in [2.45, 2.75) is 70.6 Å². The van der Waals surface area contributed by atoms with Crippen LogP contribution in [0.15, 0.2) is 30.3 Å². The summed E-state index contributed by atoms with van der Waals surface area (Å²) in [4.78, 5) is 39.4. The Morgan fingerprint density at radius 2 is 1.79 bits per heavy atom. The molecule has 0 saturated carbocycles. The van der Waals surface area contributed by atoms with Gasteiger partial charge < -0.3 is 14.2 Å². The van der Waals surface area contributed by atoms with Gasteiger partial charge in [0.2, 0.25) is 0 Å². The molecular weight excluding hydrogens is 374 g/mol. The van der Waals surface area contributed by atoms with Crippen LogP contribution in [0.25, 0.3) is 0 Å². The number of amides is 1. The molecule has 0 spiro atoms. The van der Waals surface area contributed by atoms with Crippen LogP contribution in [0, 0.1) is 0 Å². The van der Waals surface area contributed by atoms with E-state index in [-0.39, 0.29) is 19.4 Å². The molecule has 1 amide bonds. The summed E-state index contributed by atoms with van der Waals surface area (Å²) in [6, 6.07) is 9.34. The van der Waals surface area contributed by atoms with Gasteiger partial charge in [0.1, 0.15) is 17.7 Å². The fraction of sp³-hybridized carbons (Fsp3) is 0.591. The molecule has 0 N–H and O–H groups in total. The van der Waals surface area contributed by atoms with Crippen molar-refractivity contribution in [3.05, 3.63) is 35.9 Å². The zero-order chi connectivity index (χ0) is 21.5. The quantitative estimate of drug-likeness (QED) is 0.528. The van der Waals surface area contributed by atoms with E-state index < -0.39 is 29.2 Å². The highest BCUT2D eigenvalue weighted by Gasteiger charge is 2.50. The molecule has 0 aliphatic carbocycles. The lowest BCUT2D eigenvalue weighted by Crippen LogP contribution is -2.61. The Morgan fingerprint density at radius 1 is 1.10 bits per heavy atom. The Labute approximate surface area is 172 Å². The highest BCUT2D eigenvalue weighted by molar-refractivity contribution is 5.87. The second kappa shape index (κ2) is 9.76. The highest BCUT2D eigenvalue weighted by atomic mass is 16.6. The Hall–Kier alpha value is -2.57. The van der Waals surface area contributed by atoms with E-state index in [9.17, 15) is 14.4 Å². The molecule has 7 heteroatoms. The summed E-state index contributed by atoms with van der Waals surface area (Å²) in [5.74, 6) is -0.943. The number of carbonyl (C=O) groups is 3. The lowest BCUT2D eigenvalue weighted by Gasteiger charge is -2.45. The summed E-state index contributed by atoms with van der Waals surface area (Å²) in [7, 11) is 1.30. The topological polar surface area (TPSA) is 82.1 Å². The molecule has 7 nitrogen and oxygen atoms in total. The molecule has 1 atom stereocenters. The molecule has 1 aromatic carbocycles. The molecule has 1 fully saturated rings. The van der Waals surface area contributed by atoms with Crippen molar-refractivity contribution in [2.24, 2.45) is 0 Å². The zero-order valence-corrected chi connectivity index (χ0v) is 17.7. The molecule has 1 unspecified atom stereocenters. The number of nitrogens with zero attached hydrogens (tertiary/aromatic N) is 1. The molecule has 0 aromatic heterocycles. The van der Waals surface area contributed by atoms with E-state index in [2.05, 4.69) is 0 Å². The van der Waals surface area contributed by atoms with Gasteiger partial charge in [-0.1, -0.05) is 30.3 Å². The number of carbonyl (C=O) groups excluding carboxylic acids is 3. The maximum Gasteiger partial charge on any atom is 0.411 e. The van der Waals surface area contributed by atoms with Crippen LogP contribution in [0.4, 0.5) is 4.79 Å². The first-order valence-electron chi connectivity index (χ1n) is 9.96. The third-order valence-electron chi connectivity index (χ3n) is 4.91. The monoisotopic (exact) mass is 405 g/mol. The van der Waals surface area contributed by atoms with Crippen molar-refractivity contribution in [1.29, 1.82) is 0 Å². The molecule has 1 saturated heterocycles. The summed E-state index contributed by atoms with van der Waals surface area (Å²) in [6.45, 7) is 5.81. The number of piperidine rings is 1. The first-order valence-corrected chi connectivity index (χ1v) is 9.96. The van der Waals surface area contributed by atoms with Crippen LogP contribution < -0.4 is 0 Å². The maximum absolute atomic E-state index is 13.2. The van der Waals surface area contributed by atoms with Gasteiger partial charge in [0.05, 0.1) is 7.11 Å². The largest absolute Gasteiger partial charge is 0.469 e. The fourth-order valence-corrected chi connectivity index (χ4v) is 3.46. The van der Waals surface area contributed by atoms with Crippen LogP contribution in [0.3, 0.4) is 0 Å². The summed E-state index contributed by atoms with van der Waals surface area (Å²) < 4.78 is 15.9. The first kappa shape index (κ1) is 22.7. The van der Waals surface area contributed by atoms with Crippen molar-refractivity contribution in [3.63, 3.8) is 0 Å². The molecule has 1 aromatic rings. The molecule has 0 radical (unpaired) electrons. The molecule has 1 aliphatic heterocycles. The number of hydrogen-bond donors (Lipinski definition) is 0. The molecule has 160 valence electrons. The zero-order valence-electron chi connectivity index (χ0n) is 17.7. The van der Waals surface area contributed by atoms with E-state index in [0.29, 0.717) is 13.0 Å². The van der Waals surface area contributed by atoms with E-state index in [0.717, 1.165) is 18.4 Å². The summed E-state index contributed by atoms with van der Waals surface area (Å²) in [6.07, 6.45) is 1.49. The van der Waals surface area contributed by atoms with Crippen LogP contribution in [0.5, 0.6) is 0 Å². The van der Waals surface area contributed by atoms with E-state index in [1.807, 2.05) is 30.3 Å². The van der Waals surface area contributed by atoms with Gasteiger partial charge in [0, 0.05) is 13.0 Å². The van der Waals surface area contributed by atoms with Crippen molar-refractivity contribution in [2.75, 3.05) is 13.7 Å². The SMILES string of the molecule is COC(=O)CCC1(C(=O)OC(C)(C)C)CCCCN1C(=O)OCc1ccccc1. The summed E-state index contributed by atoms with van der Waals surface area (Å²) >= 11 is 0. The molecule has 2 rings (SSSR count). The Kier molecular flexibility index (Phi) is 7.65. The lowest BCUT2D eigenvalue weighted by atomic mass is 9.82. The van der Waals surface area contributed by atoms with Crippen LogP contribution in [-0.4, -0.2) is 47.7 Å². The van der Waals surface area contributed by atoms with Gasteiger partial charge in [-0.2, -0.15) is 0 Å². The number of likely N-dealkylation sites (tertiary alicyclic amines) is 1. The van der Waals surface area contributed by atoms with E-state index in [4.69, 9.17) is 14.2 Å². The van der Waals surface area contributed by atoms with E-state index >= 15 is 0 Å². The van der Waals surface area contributed by atoms with Gasteiger partial charge in [0.15, 0.2) is 0 Å². The van der Waals surface area contributed by atoms with Crippen molar-refractivity contribution < 1.29 is 28.6 Å². The highest BCUT2D eigenvalue weighted by Crippen LogP contribution is 2.36. The maximum atomic E-state index is 13.2. The number of methoxy groups -OCH3 is 1. The van der Waals surface area contributed by atoms with Crippen molar-refractivity contribution in [1.82, 2.24) is 4.90 Å². The van der Waals surface area contributed by atoms with E-state index in [1.54, 1.807) is 20.8 Å². The first-order chi connectivity index (χ1) is 13.7. The third kappa shape index (κ3) is 6.21. The van der Waals surface area contributed by atoms with Crippen LogP contribution in [-0.2, 0) is 30.4 Å². The summed E-state index contributed by atoms with van der Waals surface area (Å²) in [5.41, 5.74) is -1.10. The molecule has 29 heavy (non-hydrogen) atoms. The molecule has 1 aliphatic rings. The van der Waals surface area contributed by atoms with E-state index in [1.165, 1.54) is 12.0 Å².